The van der Waals surface area contributed by atoms with E-state index in [1.807, 2.05) is 26.8 Å². The number of hydrogen-bond donors (Lipinski definition) is 0. The van der Waals surface area contributed by atoms with Gasteiger partial charge in [-0.15, -0.1) is 5.73 Å². The van der Waals surface area contributed by atoms with Gasteiger partial charge >= 0.3 is 5.97 Å². The first-order valence-corrected chi connectivity index (χ1v) is 12.2. The molecule has 0 aliphatic carbocycles. The van der Waals surface area contributed by atoms with Gasteiger partial charge in [-0.2, -0.15) is 0 Å². The van der Waals surface area contributed by atoms with Crippen LogP contribution in [0.25, 0.3) is 0 Å². The van der Waals surface area contributed by atoms with Crippen molar-refractivity contribution in [3.05, 3.63) is 53.3 Å². The maximum Gasteiger partial charge on any atom is 0.306 e. The molecule has 0 saturated carbocycles. The van der Waals surface area contributed by atoms with Crippen molar-refractivity contribution in [2.75, 3.05) is 6.61 Å². The van der Waals surface area contributed by atoms with Gasteiger partial charge in [-0.25, -0.2) is 0 Å². The van der Waals surface area contributed by atoms with E-state index >= 15 is 0 Å². The fraction of sp³-hybridized carbons (Fsp3) is 0.643. The molecule has 0 fully saturated rings. The fourth-order valence-electron chi connectivity index (χ4n) is 3.27. The summed E-state index contributed by atoms with van der Waals surface area (Å²) in [7, 11) is 0. The van der Waals surface area contributed by atoms with Crippen LogP contribution in [-0.2, 0) is 27.3 Å². The smallest absolute Gasteiger partial charge is 0.306 e. The average molecular weight is 429 g/mol. The van der Waals surface area contributed by atoms with E-state index in [1.54, 1.807) is 0 Å². The zero-order valence-electron chi connectivity index (χ0n) is 20.4. The van der Waals surface area contributed by atoms with Crippen molar-refractivity contribution in [3.63, 3.8) is 0 Å². The molecule has 0 N–H and O–H groups in total. The van der Waals surface area contributed by atoms with E-state index in [1.165, 1.54) is 51.4 Å². The number of unbranched alkanes of at least 4 members (excludes halogenated alkanes) is 8. The van der Waals surface area contributed by atoms with Crippen LogP contribution in [0, 0.1) is 0 Å². The van der Waals surface area contributed by atoms with E-state index in [-0.39, 0.29) is 5.97 Å². The van der Waals surface area contributed by atoms with E-state index in [2.05, 4.69) is 43.0 Å². The Hall–Kier alpha value is -1.83. The minimum Gasteiger partial charge on any atom is -0.460 e. The summed E-state index contributed by atoms with van der Waals surface area (Å²) < 4.78 is 11.0. The first-order chi connectivity index (χ1) is 14.9. The van der Waals surface area contributed by atoms with Gasteiger partial charge in [0.25, 0.3) is 0 Å². The van der Waals surface area contributed by atoms with Gasteiger partial charge in [-0.3, -0.25) is 4.79 Å². The Bertz CT molecular complexity index is 646. The molecular weight excluding hydrogens is 384 g/mol. The van der Waals surface area contributed by atoms with E-state index in [4.69, 9.17) is 9.47 Å². The topological polar surface area (TPSA) is 35.5 Å². The molecule has 1 aromatic rings. The third-order valence-corrected chi connectivity index (χ3v) is 4.97. The van der Waals surface area contributed by atoms with Gasteiger partial charge in [0, 0.05) is 6.42 Å². The van der Waals surface area contributed by atoms with E-state index < -0.39 is 5.60 Å². The fourth-order valence-corrected chi connectivity index (χ4v) is 3.27. The van der Waals surface area contributed by atoms with Crippen LogP contribution >= 0.6 is 0 Å². The predicted octanol–water partition coefficient (Wildman–Crippen LogP) is 7.72. The lowest BCUT2D eigenvalue weighted by Gasteiger charge is -2.19. The Morgan fingerprint density at radius 1 is 0.903 bits per heavy atom. The zero-order chi connectivity index (χ0) is 22.8. The highest BCUT2D eigenvalue weighted by atomic mass is 16.6. The van der Waals surface area contributed by atoms with Crippen LogP contribution in [-0.4, -0.2) is 18.2 Å². The molecule has 0 radical (unpaired) electrons. The maximum atomic E-state index is 11.8. The molecule has 0 saturated heterocycles. The summed E-state index contributed by atoms with van der Waals surface area (Å²) in [6.45, 7) is 9.10. The van der Waals surface area contributed by atoms with Crippen LogP contribution in [0.1, 0.15) is 103 Å². The number of benzene rings is 1. The van der Waals surface area contributed by atoms with Gasteiger partial charge in [-0.05, 0) is 63.3 Å². The molecule has 0 spiro atoms. The number of carbonyl (C=O) groups excluding carboxylic acids is 1. The highest BCUT2D eigenvalue weighted by Crippen LogP contribution is 2.12. The van der Waals surface area contributed by atoms with E-state index in [0.29, 0.717) is 26.1 Å². The third-order valence-electron chi connectivity index (χ3n) is 4.97. The van der Waals surface area contributed by atoms with Crippen LogP contribution in [0.3, 0.4) is 0 Å². The summed E-state index contributed by atoms with van der Waals surface area (Å²) in [5.41, 5.74) is 5.08. The molecule has 1 aromatic carbocycles. The second-order valence-electron chi connectivity index (χ2n) is 9.26. The summed E-state index contributed by atoms with van der Waals surface area (Å²) in [6, 6.07) is 8.24. The van der Waals surface area contributed by atoms with Gasteiger partial charge in [0.2, 0.25) is 0 Å². The predicted molar refractivity (Wildman–Crippen MR) is 130 cm³/mol. The van der Waals surface area contributed by atoms with Crippen molar-refractivity contribution < 1.29 is 14.3 Å². The minimum atomic E-state index is -0.421. The number of carbonyl (C=O) groups is 1. The van der Waals surface area contributed by atoms with Gasteiger partial charge in [0.15, 0.2) is 0 Å². The largest absolute Gasteiger partial charge is 0.460 e. The number of rotatable bonds is 16. The molecule has 3 nitrogen and oxygen atoms in total. The molecule has 3 heteroatoms. The maximum absolute atomic E-state index is 11.8. The Morgan fingerprint density at radius 2 is 1.52 bits per heavy atom. The number of aryl methyl sites for hydroxylation is 1. The van der Waals surface area contributed by atoms with Crippen molar-refractivity contribution in [1.29, 1.82) is 0 Å². The number of ether oxygens (including phenoxy) is 2. The lowest BCUT2D eigenvalue weighted by Crippen LogP contribution is -2.23. The molecule has 31 heavy (non-hydrogen) atoms. The molecule has 1 rings (SSSR count). The summed E-state index contributed by atoms with van der Waals surface area (Å²) >= 11 is 0. The SMILES string of the molecule is CCCCCCCCCCC=C=CCOCc1ccc(CCC(=O)OC(C)(C)C)cc1. The van der Waals surface area contributed by atoms with Crippen molar-refractivity contribution in [1.82, 2.24) is 0 Å². The lowest BCUT2D eigenvalue weighted by molar-refractivity contribution is -0.154. The molecule has 174 valence electrons. The highest BCUT2D eigenvalue weighted by Gasteiger charge is 2.15. The van der Waals surface area contributed by atoms with Gasteiger partial charge in [0.1, 0.15) is 5.60 Å². The van der Waals surface area contributed by atoms with Crippen molar-refractivity contribution in [3.8, 4) is 0 Å². The normalized spacial score (nSPS) is 11.1. The van der Waals surface area contributed by atoms with Crippen molar-refractivity contribution in [2.24, 2.45) is 0 Å². The van der Waals surface area contributed by atoms with Gasteiger partial charge in [-0.1, -0.05) is 76.1 Å². The Morgan fingerprint density at radius 3 is 2.16 bits per heavy atom. The minimum absolute atomic E-state index is 0.151. The Labute approximate surface area is 190 Å². The van der Waals surface area contributed by atoms with E-state index in [0.717, 1.165) is 17.5 Å². The van der Waals surface area contributed by atoms with E-state index in [9.17, 15) is 4.79 Å². The van der Waals surface area contributed by atoms with Crippen LogP contribution in [0.2, 0.25) is 0 Å². The zero-order valence-corrected chi connectivity index (χ0v) is 20.4. The molecule has 0 aromatic heterocycles. The Balaban J connectivity index is 2.09. The molecule has 0 atom stereocenters. The van der Waals surface area contributed by atoms with Crippen molar-refractivity contribution >= 4 is 5.97 Å². The second-order valence-corrected chi connectivity index (χ2v) is 9.26. The summed E-state index contributed by atoms with van der Waals surface area (Å²) in [5.74, 6) is -0.151. The standard InChI is InChI=1S/C28H44O3/c1-5-6-7-8-9-10-11-12-13-14-15-16-23-30-24-26-19-17-25(18-20-26)21-22-27(29)31-28(2,3)4/h14,16-20H,5-13,21-24H2,1-4H3. The average Bonchev–Trinajstić information content (AvgIpc) is 2.72. The van der Waals surface area contributed by atoms with Crippen molar-refractivity contribution in [2.45, 2.75) is 111 Å². The lowest BCUT2D eigenvalue weighted by atomic mass is 10.1. The number of esters is 1. The second kappa shape index (κ2) is 16.8. The summed E-state index contributed by atoms with van der Waals surface area (Å²) in [6.07, 6.45) is 17.1. The first-order valence-electron chi connectivity index (χ1n) is 12.2. The summed E-state index contributed by atoms with van der Waals surface area (Å²) in [5, 5.41) is 0. The quantitative estimate of drug-likeness (QED) is 0.154. The molecular formula is C28H44O3. The summed E-state index contributed by atoms with van der Waals surface area (Å²) in [4.78, 5) is 11.8. The van der Waals surface area contributed by atoms with Gasteiger partial charge in [0.05, 0.1) is 13.2 Å². The molecule has 0 unspecified atom stereocenters. The molecule has 0 amide bonds. The molecule has 0 aliphatic rings. The van der Waals surface area contributed by atoms with Crippen LogP contribution in [0.4, 0.5) is 0 Å². The molecule has 0 heterocycles. The highest BCUT2D eigenvalue weighted by molar-refractivity contribution is 5.70. The first kappa shape index (κ1) is 27.2. The molecule has 0 bridgehead atoms. The monoisotopic (exact) mass is 428 g/mol. The van der Waals surface area contributed by atoms with Gasteiger partial charge < -0.3 is 9.47 Å². The number of hydrogen-bond acceptors (Lipinski definition) is 3. The molecule has 0 aliphatic heterocycles. The van der Waals surface area contributed by atoms with Crippen LogP contribution in [0.5, 0.6) is 0 Å². The van der Waals surface area contributed by atoms with Crippen LogP contribution in [0.15, 0.2) is 42.1 Å². The van der Waals surface area contributed by atoms with Crippen LogP contribution < -0.4 is 0 Å². The Kier molecular flexibility index (Phi) is 14.8. The third kappa shape index (κ3) is 16.5.